The molecule has 7 nitrogen and oxygen atoms in total. The quantitative estimate of drug-likeness (QED) is 0.806. The van der Waals surface area contributed by atoms with E-state index in [1.54, 1.807) is 0 Å². The van der Waals surface area contributed by atoms with E-state index in [0.717, 1.165) is 51.3 Å². The van der Waals surface area contributed by atoms with Crippen LogP contribution in [0.15, 0.2) is 6.33 Å². The van der Waals surface area contributed by atoms with Crippen LogP contribution in [0.1, 0.15) is 37.0 Å². The Kier molecular flexibility index (Phi) is 3.77. The Morgan fingerprint density at radius 3 is 3.10 bits per heavy atom. The minimum absolute atomic E-state index is 0.798. The zero-order valence-electron chi connectivity index (χ0n) is 12.2. The van der Waals surface area contributed by atoms with Gasteiger partial charge in [-0.05, 0) is 16.8 Å². The molecule has 3 heterocycles. The summed E-state index contributed by atoms with van der Waals surface area (Å²) in [6.45, 7) is 5.80. The topological polar surface area (TPSA) is 64.7 Å². The highest BCUT2D eigenvalue weighted by Gasteiger charge is 2.21. The fourth-order valence-electron chi connectivity index (χ4n) is 2.66. The molecule has 108 valence electrons. The maximum Gasteiger partial charge on any atom is 0.165 e. The lowest BCUT2D eigenvalue weighted by Gasteiger charge is -2.25. The largest absolute Gasteiger partial charge is 0.337 e. The van der Waals surface area contributed by atoms with Crippen LogP contribution in [0.3, 0.4) is 0 Å². The van der Waals surface area contributed by atoms with E-state index in [-0.39, 0.29) is 0 Å². The summed E-state index contributed by atoms with van der Waals surface area (Å²) in [4.78, 5) is 6.84. The second kappa shape index (κ2) is 5.70. The SMILES string of the molecule is CCCCn1nnnc1CN1CCc2c(ncn2C)C1. The standard InChI is InChI=1S/C13H21N7/c1-3-4-6-20-13(15-16-17-20)9-19-7-5-12-11(8-19)14-10-18(12)2/h10H,3-9H2,1-2H3. The van der Waals surface area contributed by atoms with Crippen LogP contribution in [-0.2, 0) is 33.1 Å². The Morgan fingerprint density at radius 2 is 2.25 bits per heavy atom. The first kappa shape index (κ1) is 13.2. The van der Waals surface area contributed by atoms with Gasteiger partial charge in [-0.25, -0.2) is 9.67 Å². The first-order valence-electron chi connectivity index (χ1n) is 7.24. The number of unbranched alkanes of at least 4 members (excludes halogenated alkanes) is 1. The van der Waals surface area contributed by atoms with Gasteiger partial charge in [0.2, 0.25) is 0 Å². The van der Waals surface area contributed by atoms with E-state index in [1.165, 1.54) is 11.4 Å². The van der Waals surface area contributed by atoms with Crippen LogP contribution in [0.5, 0.6) is 0 Å². The lowest BCUT2D eigenvalue weighted by Crippen LogP contribution is -2.32. The van der Waals surface area contributed by atoms with Crippen LogP contribution in [0.4, 0.5) is 0 Å². The second-order valence-corrected chi connectivity index (χ2v) is 5.38. The third-order valence-corrected chi connectivity index (χ3v) is 3.88. The summed E-state index contributed by atoms with van der Waals surface area (Å²) in [7, 11) is 2.06. The molecule has 0 unspecified atom stereocenters. The van der Waals surface area contributed by atoms with Crippen molar-refractivity contribution in [3.63, 3.8) is 0 Å². The number of aryl methyl sites for hydroxylation is 2. The molecule has 0 N–H and O–H groups in total. The second-order valence-electron chi connectivity index (χ2n) is 5.38. The molecule has 3 rings (SSSR count). The van der Waals surface area contributed by atoms with E-state index in [4.69, 9.17) is 0 Å². The highest BCUT2D eigenvalue weighted by Crippen LogP contribution is 2.18. The molecule has 0 aromatic carbocycles. The smallest absolute Gasteiger partial charge is 0.165 e. The number of aromatic nitrogens is 6. The van der Waals surface area contributed by atoms with Crippen molar-refractivity contribution in [2.75, 3.05) is 6.54 Å². The van der Waals surface area contributed by atoms with Crippen LogP contribution in [0.25, 0.3) is 0 Å². The summed E-state index contributed by atoms with van der Waals surface area (Å²) < 4.78 is 4.05. The lowest BCUT2D eigenvalue weighted by atomic mass is 10.1. The van der Waals surface area contributed by atoms with Gasteiger partial charge in [-0.15, -0.1) is 5.10 Å². The minimum atomic E-state index is 0.798. The molecule has 0 spiro atoms. The molecule has 0 saturated heterocycles. The fourth-order valence-corrected chi connectivity index (χ4v) is 2.66. The van der Waals surface area contributed by atoms with Gasteiger partial charge in [0, 0.05) is 38.8 Å². The number of imidazole rings is 1. The van der Waals surface area contributed by atoms with Gasteiger partial charge in [0.25, 0.3) is 0 Å². The van der Waals surface area contributed by atoms with Crippen molar-refractivity contribution in [1.82, 2.24) is 34.7 Å². The maximum atomic E-state index is 4.47. The fraction of sp³-hybridized carbons (Fsp3) is 0.692. The minimum Gasteiger partial charge on any atom is -0.337 e. The third-order valence-electron chi connectivity index (χ3n) is 3.88. The number of tetrazole rings is 1. The summed E-state index contributed by atoms with van der Waals surface area (Å²) in [6, 6.07) is 0. The number of rotatable bonds is 5. The highest BCUT2D eigenvalue weighted by molar-refractivity contribution is 5.16. The molecule has 0 atom stereocenters. The van der Waals surface area contributed by atoms with E-state index in [9.17, 15) is 0 Å². The van der Waals surface area contributed by atoms with Gasteiger partial charge in [0.05, 0.1) is 18.6 Å². The molecule has 0 radical (unpaired) electrons. The van der Waals surface area contributed by atoms with Crippen molar-refractivity contribution >= 4 is 0 Å². The zero-order chi connectivity index (χ0) is 13.9. The Bertz CT molecular complexity index is 571. The number of fused-ring (bicyclic) bond motifs is 1. The molecule has 2 aromatic heterocycles. The predicted octanol–water partition coefficient (Wildman–Crippen LogP) is 0.765. The van der Waals surface area contributed by atoms with Crippen LogP contribution in [0.2, 0.25) is 0 Å². The molecule has 20 heavy (non-hydrogen) atoms. The molecule has 1 aliphatic heterocycles. The molecule has 0 fully saturated rings. The van der Waals surface area contributed by atoms with Gasteiger partial charge < -0.3 is 4.57 Å². The lowest BCUT2D eigenvalue weighted by molar-refractivity contribution is 0.229. The van der Waals surface area contributed by atoms with Gasteiger partial charge in [-0.3, -0.25) is 4.90 Å². The van der Waals surface area contributed by atoms with E-state index in [1.807, 2.05) is 11.0 Å². The predicted molar refractivity (Wildman–Crippen MR) is 73.8 cm³/mol. The molecule has 0 aliphatic carbocycles. The van der Waals surface area contributed by atoms with E-state index >= 15 is 0 Å². The van der Waals surface area contributed by atoms with Gasteiger partial charge in [0.1, 0.15) is 0 Å². The van der Waals surface area contributed by atoms with Crippen molar-refractivity contribution in [1.29, 1.82) is 0 Å². The van der Waals surface area contributed by atoms with Crippen LogP contribution >= 0.6 is 0 Å². The summed E-state index contributed by atoms with van der Waals surface area (Å²) in [6.07, 6.45) is 5.21. The molecule has 1 aliphatic rings. The summed E-state index contributed by atoms with van der Waals surface area (Å²) in [5.41, 5.74) is 2.54. The Balaban J connectivity index is 1.66. The Morgan fingerprint density at radius 1 is 1.35 bits per heavy atom. The Labute approximate surface area is 118 Å². The summed E-state index contributed by atoms with van der Waals surface area (Å²) >= 11 is 0. The van der Waals surface area contributed by atoms with Crippen LogP contribution in [-0.4, -0.2) is 41.2 Å². The van der Waals surface area contributed by atoms with Crippen LogP contribution < -0.4 is 0 Å². The average Bonchev–Trinajstić information content (AvgIpc) is 3.04. The molecule has 0 bridgehead atoms. The number of hydrogen-bond acceptors (Lipinski definition) is 5. The monoisotopic (exact) mass is 275 g/mol. The van der Waals surface area contributed by atoms with Crippen LogP contribution in [0, 0.1) is 0 Å². The molecular weight excluding hydrogens is 254 g/mol. The van der Waals surface area contributed by atoms with Crippen molar-refractivity contribution in [2.45, 2.75) is 45.8 Å². The Hall–Kier alpha value is -1.76. The van der Waals surface area contributed by atoms with Gasteiger partial charge >= 0.3 is 0 Å². The molecule has 2 aromatic rings. The van der Waals surface area contributed by atoms with Gasteiger partial charge in [-0.1, -0.05) is 13.3 Å². The molecular formula is C13H21N7. The van der Waals surface area contributed by atoms with Gasteiger partial charge in [0.15, 0.2) is 5.82 Å². The van der Waals surface area contributed by atoms with E-state index in [2.05, 4.69) is 43.9 Å². The number of nitrogens with zero attached hydrogens (tertiary/aromatic N) is 7. The van der Waals surface area contributed by atoms with Crippen molar-refractivity contribution in [3.8, 4) is 0 Å². The average molecular weight is 275 g/mol. The first-order chi connectivity index (χ1) is 9.78. The van der Waals surface area contributed by atoms with Gasteiger partial charge in [-0.2, -0.15) is 0 Å². The molecule has 7 heteroatoms. The summed E-state index contributed by atoms with van der Waals surface area (Å²) in [5, 5.41) is 12.0. The molecule has 0 saturated carbocycles. The van der Waals surface area contributed by atoms with E-state index < -0.39 is 0 Å². The highest BCUT2D eigenvalue weighted by atomic mass is 15.5. The van der Waals surface area contributed by atoms with Crippen molar-refractivity contribution in [3.05, 3.63) is 23.5 Å². The van der Waals surface area contributed by atoms with E-state index in [0.29, 0.717) is 0 Å². The normalized spacial score (nSPS) is 15.5. The van der Waals surface area contributed by atoms with Crippen molar-refractivity contribution < 1.29 is 0 Å². The summed E-state index contributed by atoms with van der Waals surface area (Å²) in [5.74, 6) is 0.956. The third kappa shape index (κ3) is 2.58. The van der Waals surface area contributed by atoms with Crippen molar-refractivity contribution in [2.24, 2.45) is 7.05 Å². The number of hydrogen-bond donors (Lipinski definition) is 0. The zero-order valence-corrected chi connectivity index (χ0v) is 12.2. The first-order valence-corrected chi connectivity index (χ1v) is 7.24. The molecule has 0 amide bonds. The maximum absolute atomic E-state index is 4.47.